The van der Waals surface area contributed by atoms with Crippen LogP contribution in [0.5, 0.6) is 0 Å². The molecule has 182 valence electrons. The predicted octanol–water partition coefficient (Wildman–Crippen LogP) is 5.74. The fourth-order valence-electron chi connectivity index (χ4n) is 8.93. The SMILES string of the molecule is CCC(C=CC(C)C1CCC2C3C(O)C=C4CC(O)CCC4(C)C3C(O)CC12C)C(C)C. The first-order valence-electron chi connectivity index (χ1n) is 13.5. The lowest BCUT2D eigenvalue weighted by molar-refractivity contribution is -0.154. The van der Waals surface area contributed by atoms with Crippen molar-refractivity contribution < 1.29 is 15.3 Å². The maximum Gasteiger partial charge on any atom is 0.0758 e. The molecule has 0 aromatic carbocycles. The molecular weight excluding hydrogens is 396 g/mol. The van der Waals surface area contributed by atoms with Crippen LogP contribution in [-0.4, -0.2) is 33.6 Å². The van der Waals surface area contributed by atoms with Crippen LogP contribution in [0.2, 0.25) is 0 Å². The molecule has 0 heterocycles. The number of aliphatic hydroxyl groups excluding tert-OH is 3. The first-order valence-corrected chi connectivity index (χ1v) is 13.5. The summed E-state index contributed by atoms with van der Waals surface area (Å²) in [6, 6.07) is 0. The van der Waals surface area contributed by atoms with E-state index in [1.807, 2.05) is 0 Å². The van der Waals surface area contributed by atoms with Crippen LogP contribution < -0.4 is 0 Å². The largest absolute Gasteiger partial charge is 0.393 e. The van der Waals surface area contributed by atoms with Crippen molar-refractivity contribution in [3.63, 3.8) is 0 Å². The first kappa shape index (κ1) is 24.5. The van der Waals surface area contributed by atoms with Gasteiger partial charge in [0.05, 0.1) is 18.3 Å². The highest BCUT2D eigenvalue weighted by Crippen LogP contribution is 2.67. The smallest absolute Gasteiger partial charge is 0.0758 e. The lowest BCUT2D eigenvalue weighted by Gasteiger charge is -2.61. The van der Waals surface area contributed by atoms with E-state index in [0.717, 1.165) is 25.7 Å². The van der Waals surface area contributed by atoms with Crippen LogP contribution in [0, 0.1) is 52.3 Å². The summed E-state index contributed by atoms with van der Waals surface area (Å²) >= 11 is 0. The van der Waals surface area contributed by atoms with E-state index < -0.39 is 6.10 Å². The summed E-state index contributed by atoms with van der Waals surface area (Å²) in [5.41, 5.74) is 1.18. The van der Waals surface area contributed by atoms with Gasteiger partial charge in [-0.15, -0.1) is 0 Å². The van der Waals surface area contributed by atoms with E-state index in [-0.39, 0.29) is 34.9 Å². The highest BCUT2D eigenvalue weighted by Gasteiger charge is 2.63. The minimum absolute atomic E-state index is 0.0702. The van der Waals surface area contributed by atoms with Crippen LogP contribution in [0.15, 0.2) is 23.8 Å². The third kappa shape index (κ3) is 3.85. The number of allylic oxidation sites excluding steroid dienone is 2. The van der Waals surface area contributed by atoms with Gasteiger partial charge >= 0.3 is 0 Å². The average molecular weight is 445 g/mol. The molecule has 3 N–H and O–H groups in total. The van der Waals surface area contributed by atoms with Crippen molar-refractivity contribution in [2.75, 3.05) is 0 Å². The summed E-state index contributed by atoms with van der Waals surface area (Å²) < 4.78 is 0. The Morgan fingerprint density at radius 3 is 2.44 bits per heavy atom. The Balaban J connectivity index is 1.61. The molecule has 0 aromatic heterocycles. The highest BCUT2D eigenvalue weighted by atomic mass is 16.3. The van der Waals surface area contributed by atoms with Crippen LogP contribution in [0.25, 0.3) is 0 Å². The number of hydrogen-bond acceptors (Lipinski definition) is 3. The molecule has 3 nitrogen and oxygen atoms in total. The maximum atomic E-state index is 11.6. The van der Waals surface area contributed by atoms with Gasteiger partial charge in [0.15, 0.2) is 0 Å². The molecule has 4 rings (SSSR count). The van der Waals surface area contributed by atoms with Crippen molar-refractivity contribution in [1.82, 2.24) is 0 Å². The molecule has 0 aliphatic heterocycles. The second kappa shape index (κ2) is 8.86. The Labute approximate surface area is 196 Å². The van der Waals surface area contributed by atoms with Gasteiger partial charge < -0.3 is 15.3 Å². The number of fused-ring (bicyclic) bond motifs is 5. The van der Waals surface area contributed by atoms with E-state index in [4.69, 9.17) is 0 Å². The monoisotopic (exact) mass is 444 g/mol. The van der Waals surface area contributed by atoms with Gasteiger partial charge in [-0.3, -0.25) is 0 Å². The van der Waals surface area contributed by atoms with Crippen molar-refractivity contribution in [1.29, 1.82) is 0 Å². The van der Waals surface area contributed by atoms with E-state index >= 15 is 0 Å². The summed E-state index contributed by atoms with van der Waals surface area (Å²) in [5.74, 6) is 3.05. The molecule has 3 saturated carbocycles. The van der Waals surface area contributed by atoms with Gasteiger partial charge in [-0.05, 0) is 97.2 Å². The molecule has 0 saturated heterocycles. The minimum atomic E-state index is -0.498. The number of aliphatic hydroxyl groups is 3. The molecule has 3 fully saturated rings. The Morgan fingerprint density at radius 2 is 1.78 bits per heavy atom. The molecule has 11 unspecified atom stereocenters. The summed E-state index contributed by atoms with van der Waals surface area (Å²) in [4.78, 5) is 0. The Hall–Kier alpha value is -0.640. The second-order valence-electron chi connectivity index (χ2n) is 12.7. The molecule has 4 aliphatic carbocycles. The number of rotatable bonds is 5. The van der Waals surface area contributed by atoms with E-state index in [1.165, 1.54) is 18.4 Å². The van der Waals surface area contributed by atoms with Gasteiger partial charge in [0, 0.05) is 0 Å². The van der Waals surface area contributed by atoms with Crippen LogP contribution in [0.3, 0.4) is 0 Å². The molecular formula is C29H48O3. The summed E-state index contributed by atoms with van der Waals surface area (Å²) in [6.45, 7) is 14.0. The third-order valence-electron chi connectivity index (χ3n) is 10.7. The second-order valence-corrected chi connectivity index (χ2v) is 12.7. The van der Waals surface area contributed by atoms with Crippen LogP contribution in [0.1, 0.15) is 86.5 Å². The van der Waals surface area contributed by atoms with E-state index in [2.05, 4.69) is 59.8 Å². The fourth-order valence-corrected chi connectivity index (χ4v) is 8.93. The fraction of sp³-hybridized carbons (Fsp3) is 0.862. The zero-order valence-electron chi connectivity index (χ0n) is 21.3. The van der Waals surface area contributed by atoms with Crippen LogP contribution in [-0.2, 0) is 0 Å². The van der Waals surface area contributed by atoms with Gasteiger partial charge in [0.25, 0.3) is 0 Å². The molecule has 0 spiro atoms. The zero-order valence-corrected chi connectivity index (χ0v) is 21.3. The molecule has 32 heavy (non-hydrogen) atoms. The van der Waals surface area contributed by atoms with Gasteiger partial charge in [-0.25, -0.2) is 0 Å². The van der Waals surface area contributed by atoms with Crippen LogP contribution in [0.4, 0.5) is 0 Å². The van der Waals surface area contributed by atoms with Gasteiger partial charge in [-0.2, -0.15) is 0 Å². The summed E-state index contributed by atoms with van der Waals surface area (Å²) in [5, 5.41) is 33.2. The zero-order chi connectivity index (χ0) is 23.4. The van der Waals surface area contributed by atoms with Crippen molar-refractivity contribution >= 4 is 0 Å². The average Bonchev–Trinajstić information content (AvgIpc) is 3.05. The topological polar surface area (TPSA) is 60.7 Å². The van der Waals surface area contributed by atoms with Gasteiger partial charge in [0.2, 0.25) is 0 Å². The molecule has 0 aromatic rings. The van der Waals surface area contributed by atoms with Crippen molar-refractivity contribution in [2.24, 2.45) is 52.3 Å². The van der Waals surface area contributed by atoms with Crippen molar-refractivity contribution in [3.8, 4) is 0 Å². The first-order chi connectivity index (χ1) is 15.0. The Morgan fingerprint density at radius 1 is 1.06 bits per heavy atom. The normalized spacial score (nSPS) is 48.2. The van der Waals surface area contributed by atoms with Crippen molar-refractivity contribution in [3.05, 3.63) is 23.8 Å². The van der Waals surface area contributed by atoms with Gasteiger partial charge in [-0.1, -0.05) is 65.3 Å². The molecule has 11 atom stereocenters. The van der Waals surface area contributed by atoms with E-state index in [9.17, 15) is 15.3 Å². The molecule has 4 aliphatic rings. The quantitative estimate of drug-likeness (QED) is 0.474. The lowest BCUT2D eigenvalue weighted by atomic mass is 9.45. The third-order valence-corrected chi connectivity index (χ3v) is 10.7. The Bertz CT molecular complexity index is 741. The molecule has 0 amide bonds. The summed E-state index contributed by atoms with van der Waals surface area (Å²) in [7, 11) is 0. The van der Waals surface area contributed by atoms with Gasteiger partial charge in [0.1, 0.15) is 0 Å². The molecule has 0 radical (unpaired) electrons. The molecule has 0 bridgehead atoms. The molecule has 3 heteroatoms. The van der Waals surface area contributed by atoms with Crippen molar-refractivity contribution in [2.45, 2.75) is 105 Å². The standard InChI is InChI=1S/C29H48O3/c1-7-19(17(2)3)9-8-18(4)22-10-11-23-26-24(31)15-20-14-21(30)12-13-28(20,5)27(26)25(32)16-29(22,23)6/h8-9,15,17-19,21-27,30-32H,7,10-14,16H2,1-6H3. The minimum Gasteiger partial charge on any atom is -0.393 e. The van der Waals surface area contributed by atoms with E-state index in [1.54, 1.807) is 0 Å². The van der Waals surface area contributed by atoms with E-state index in [0.29, 0.717) is 36.0 Å². The maximum absolute atomic E-state index is 11.6. The van der Waals surface area contributed by atoms with Crippen LogP contribution >= 0.6 is 0 Å². The summed E-state index contributed by atoms with van der Waals surface area (Å²) in [6.07, 6.45) is 12.6. The predicted molar refractivity (Wildman–Crippen MR) is 131 cm³/mol. The number of hydrogen-bond donors (Lipinski definition) is 3. The highest BCUT2D eigenvalue weighted by molar-refractivity contribution is 5.29. The Kier molecular flexibility index (Phi) is 6.78. The lowest BCUT2D eigenvalue weighted by Crippen LogP contribution is -2.60.